The van der Waals surface area contributed by atoms with Gasteiger partial charge in [-0.1, -0.05) is 19.1 Å². The molecule has 0 radical (unpaired) electrons. The molecule has 0 aliphatic rings. The van der Waals surface area contributed by atoms with Gasteiger partial charge in [-0.2, -0.15) is 0 Å². The number of amides is 2. The fourth-order valence-electron chi connectivity index (χ4n) is 4.30. The summed E-state index contributed by atoms with van der Waals surface area (Å²) in [6.07, 6.45) is 0.233. The number of halogens is 2. The Labute approximate surface area is 246 Å². The van der Waals surface area contributed by atoms with Gasteiger partial charge in [-0.3, -0.25) is 13.9 Å². The van der Waals surface area contributed by atoms with Crippen LogP contribution < -0.4 is 14.4 Å². The van der Waals surface area contributed by atoms with Crippen molar-refractivity contribution in [3.63, 3.8) is 0 Å². The van der Waals surface area contributed by atoms with Crippen LogP contribution in [0, 0.1) is 11.6 Å². The molecule has 3 aromatic rings. The number of carbonyl (C=O) groups is 2. The van der Waals surface area contributed by atoms with Crippen molar-refractivity contribution in [2.45, 2.75) is 64.1 Å². The average Bonchev–Trinajstić information content (AvgIpc) is 2.92. The first-order valence-electron chi connectivity index (χ1n) is 13.6. The lowest BCUT2D eigenvalue weighted by atomic mass is 10.1. The maximum absolute atomic E-state index is 14.0. The molecule has 0 saturated carbocycles. The van der Waals surface area contributed by atoms with Crippen LogP contribution in [0.3, 0.4) is 0 Å². The Morgan fingerprint density at radius 2 is 1.43 bits per heavy atom. The predicted octanol–water partition coefficient (Wildman–Crippen LogP) is 5.28. The van der Waals surface area contributed by atoms with Gasteiger partial charge in [0.25, 0.3) is 10.0 Å². The van der Waals surface area contributed by atoms with E-state index in [4.69, 9.17) is 4.74 Å². The van der Waals surface area contributed by atoms with Gasteiger partial charge in [0.1, 0.15) is 30.0 Å². The number of ether oxygens (including phenoxy) is 1. The van der Waals surface area contributed by atoms with E-state index in [1.165, 1.54) is 65.6 Å². The Bertz CT molecular complexity index is 1460. The standard InChI is InChI=1S/C31H37F2N3O5S/c1-6-28(30(38)34-31(3,4)5)35(20-22-8-10-23(32)11-9-22)29(37)21-36(25-14-12-24(33)13-15-25)42(39,40)27-18-16-26(17-19-27)41-7-2/h8-19,28H,6-7,20-21H2,1-5H3,(H,34,38)/t28-/m1/s1. The van der Waals surface area contributed by atoms with Crippen molar-refractivity contribution in [2.75, 3.05) is 17.5 Å². The Balaban J connectivity index is 2.05. The molecule has 0 saturated heterocycles. The third-order valence-corrected chi connectivity index (χ3v) is 8.05. The number of benzene rings is 3. The van der Waals surface area contributed by atoms with Gasteiger partial charge in [0.2, 0.25) is 11.8 Å². The Hall–Kier alpha value is -3.99. The number of hydrogen-bond donors (Lipinski definition) is 1. The zero-order valence-electron chi connectivity index (χ0n) is 24.4. The molecule has 0 aliphatic heterocycles. The molecule has 1 atom stereocenters. The highest BCUT2D eigenvalue weighted by Crippen LogP contribution is 2.26. The summed E-state index contributed by atoms with van der Waals surface area (Å²) < 4.78 is 61.5. The summed E-state index contributed by atoms with van der Waals surface area (Å²) in [4.78, 5) is 28.5. The van der Waals surface area contributed by atoms with Gasteiger partial charge in [-0.25, -0.2) is 17.2 Å². The molecule has 0 bridgehead atoms. The van der Waals surface area contributed by atoms with E-state index in [2.05, 4.69) is 5.32 Å². The minimum Gasteiger partial charge on any atom is -0.494 e. The molecule has 2 amide bonds. The lowest BCUT2D eigenvalue weighted by molar-refractivity contribution is -0.141. The summed E-state index contributed by atoms with van der Waals surface area (Å²) in [5, 5.41) is 2.89. The normalized spacial score (nSPS) is 12.4. The first-order valence-corrected chi connectivity index (χ1v) is 15.1. The van der Waals surface area contributed by atoms with Crippen molar-refractivity contribution >= 4 is 27.5 Å². The number of anilines is 1. The van der Waals surface area contributed by atoms with E-state index < -0.39 is 51.6 Å². The van der Waals surface area contributed by atoms with Gasteiger partial charge in [0.05, 0.1) is 17.2 Å². The Morgan fingerprint density at radius 3 is 1.93 bits per heavy atom. The zero-order chi connectivity index (χ0) is 31.1. The Kier molecular flexibility index (Phi) is 10.7. The molecule has 0 aromatic heterocycles. The third-order valence-electron chi connectivity index (χ3n) is 6.27. The smallest absolute Gasteiger partial charge is 0.264 e. The fraction of sp³-hybridized carbons (Fsp3) is 0.355. The number of sulfonamides is 1. The highest BCUT2D eigenvalue weighted by atomic mass is 32.2. The number of nitrogens with zero attached hydrogens (tertiary/aromatic N) is 2. The van der Waals surface area contributed by atoms with Crippen LogP contribution in [0.1, 0.15) is 46.6 Å². The second-order valence-corrected chi connectivity index (χ2v) is 12.6. The topological polar surface area (TPSA) is 96.0 Å². The molecular formula is C31H37F2N3O5S. The highest BCUT2D eigenvalue weighted by Gasteiger charge is 2.34. The summed E-state index contributed by atoms with van der Waals surface area (Å²) in [5.41, 5.74) is 0.0219. The van der Waals surface area contributed by atoms with E-state index in [9.17, 15) is 26.8 Å². The minimum absolute atomic E-state index is 0.0626. The predicted molar refractivity (Wildman–Crippen MR) is 157 cm³/mol. The van der Waals surface area contributed by atoms with Crippen molar-refractivity contribution in [3.8, 4) is 5.75 Å². The van der Waals surface area contributed by atoms with Crippen LogP contribution in [0.25, 0.3) is 0 Å². The molecule has 0 spiro atoms. The molecule has 42 heavy (non-hydrogen) atoms. The van der Waals surface area contributed by atoms with Crippen molar-refractivity contribution in [1.29, 1.82) is 0 Å². The molecule has 3 rings (SSSR count). The fourth-order valence-corrected chi connectivity index (χ4v) is 5.71. The number of rotatable bonds is 12. The summed E-state index contributed by atoms with van der Waals surface area (Å²) in [6.45, 7) is 8.61. The van der Waals surface area contributed by atoms with E-state index in [1.807, 2.05) is 20.8 Å². The first kappa shape index (κ1) is 32.5. The summed E-state index contributed by atoms with van der Waals surface area (Å²) >= 11 is 0. The van der Waals surface area contributed by atoms with E-state index >= 15 is 0 Å². The van der Waals surface area contributed by atoms with Crippen molar-refractivity contribution < 1.29 is 31.5 Å². The largest absolute Gasteiger partial charge is 0.494 e. The second-order valence-electron chi connectivity index (χ2n) is 10.7. The molecule has 0 aliphatic carbocycles. The van der Waals surface area contributed by atoms with Crippen LogP contribution >= 0.6 is 0 Å². The van der Waals surface area contributed by atoms with Crippen molar-refractivity contribution in [1.82, 2.24) is 10.2 Å². The summed E-state index contributed by atoms with van der Waals surface area (Å²) in [5.74, 6) is -1.65. The molecule has 0 unspecified atom stereocenters. The molecule has 3 aromatic carbocycles. The number of nitrogens with one attached hydrogen (secondary N) is 1. The molecule has 11 heteroatoms. The highest BCUT2D eigenvalue weighted by molar-refractivity contribution is 7.92. The van der Waals surface area contributed by atoms with Gasteiger partial charge >= 0.3 is 0 Å². The molecule has 0 fully saturated rings. The van der Waals surface area contributed by atoms with Gasteiger partial charge in [-0.05, 0) is 100 Å². The van der Waals surface area contributed by atoms with Gasteiger partial charge in [0, 0.05) is 12.1 Å². The lowest BCUT2D eigenvalue weighted by Gasteiger charge is -2.34. The maximum atomic E-state index is 14.0. The van der Waals surface area contributed by atoms with Gasteiger partial charge in [-0.15, -0.1) is 0 Å². The number of hydrogen-bond acceptors (Lipinski definition) is 5. The van der Waals surface area contributed by atoms with Crippen LogP contribution in [0.2, 0.25) is 0 Å². The maximum Gasteiger partial charge on any atom is 0.264 e. The monoisotopic (exact) mass is 601 g/mol. The van der Waals surface area contributed by atoms with Crippen molar-refractivity contribution in [2.24, 2.45) is 0 Å². The Morgan fingerprint density at radius 1 is 0.881 bits per heavy atom. The van der Waals surface area contributed by atoms with Crippen LogP contribution in [0.5, 0.6) is 5.75 Å². The van der Waals surface area contributed by atoms with E-state index in [-0.39, 0.29) is 23.5 Å². The summed E-state index contributed by atoms with van der Waals surface area (Å²) in [6, 6.07) is 15.0. The van der Waals surface area contributed by atoms with E-state index in [0.717, 1.165) is 16.4 Å². The third kappa shape index (κ3) is 8.51. The lowest BCUT2D eigenvalue weighted by Crippen LogP contribution is -2.55. The van der Waals surface area contributed by atoms with Crippen LogP contribution in [-0.4, -0.2) is 49.9 Å². The molecule has 8 nitrogen and oxygen atoms in total. The molecule has 226 valence electrons. The quantitative estimate of drug-likeness (QED) is 0.305. The zero-order valence-corrected chi connectivity index (χ0v) is 25.3. The molecular weight excluding hydrogens is 564 g/mol. The van der Waals surface area contributed by atoms with Crippen molar-refractivity contribution in [3.05, 3.63) is 90.0 Å². The van der Waals surface area contributed by atoms with Gasteiger partial charge < -0.3 is 15.0 Å². The minimum atomic E-state index is -4.33. The van der Waals surface area contributed by atoms with Gasteiger partial charge in [0.15, 0.2) is 0 Å². The number of carbonyl (C=O) groups excluding carboxylic acids is 2. The molecule has 0 heterocycles. The SMILES string of the molecule is CCOc1ccc(S(=O)(=O)N(CC(=O)N(Cc2ccc(F)cc2)[C@H](CC)C(=O)NC(C)(C)C)c2ccc(F)cc2)cc1. The van der Waals surface area contributed by atoms with E-state index in [1.54, 1.807) is 13.8 Å². The molecule has 1 N–H and O–H groups in total. The van der Waals surface area contributed by atoms with Crippen LogP contribution in [-0.2, 0) is 26.2 Å². The van der Waals surface area contributed by atoms with Crippen LogP contribution in [0.15, 0.2) is 77.7 Å². The van der Waals surface area contributed by atoms with Crippen LogP contribution in [0.4, 0.5) is 14.5 Å². The second kappa shape index (κ2) is 13.8. The summed E-state index contributed by atoms with van der Waals surface area (Å²) in [7, 11) is -4.33. The first-order chi connectivity index (χ1) is 19.7. The average molecular weight is 602 g/mol. The van der Waals surface area contributed by atoms with E-state index in [0.29, 0.717) is 17.9 Å².